The average Bonchev–Trinajstić information content (AvgIpc) is 3.00. The molecule has 1 aliphatic carbocycles. The minimum Gasteiger partial charge on any atom is -0.395 e. The number of fused-ring (bicyclic) bond motifs is 1. The fourth-order valence-electron chi connectivity index (χ4n) is 3.15. The zero-order chi connectivity index (χ0) is 17.1. The summed E-state index contributed by atoms with van der Waals surface area (Å²) in [6, 6.07) is 11.8. The fraction of sp³-hybridized carbons (Fsp3) is 0.278. The van der Waals surface area contributed by atoms with Crippen molar-refractivity contribution >= 4 is 23.3 Å². The maximum absolute atomic E-state index is 14.0. The van der Waals surface area contributed by atoms with E-state index in [-0.39, 0.29) is 29.9 Å². The van der Waals surface area contributed by atoms with Crippen LogP contribution in [0.15, 0.2) is 42.5 Å². The third kappa shape index (κ3) is 3.23. The molecule has 6 heteroatoms. The van der Waals surface area contributed by atoms with Gasteiger partial charge in [-0.2, -0.15) is 0 Å². The number of urea groups is 1. The van der Waals surface area contributed by atoms with Gasteiger partial charge in [0, 0.05) is 6.54 Å². The molecule has 2 aromatic rings. The van der Waals surface area contributed by atoms with Crippen LogP contribution in [0.25, 0.3) is 0 Å². The lowest BCUT2D eigenvalue weighted by Gasteiger charge is -2.29. The Kier molecular flexibility index (Phi) is 5.02. The van der Waals surface area contributed by atoms with Gasteiger partial charge in [0.15, 0.2) is 5.82 Å². The summed E-state index contributed by atoms with van der Waals surface area (Å²) in [6.07, 6.45) is 1.66. The Morgan fingerprint density at radius 2 is 2.08 bits per heavy atom. The number of halogens is 2. The van der Waals surface area contributed by atoms with Crippen molar-refractivity contribution in [3.05, 3.63) is 64.4 Å². The number of hydrogen-bond acceptors (Lipinski definition) is 2. The zero-order valence-electron chi connectivity index (χ0n) is 13.0. The molecule has 126 valence electrons. The monoisotopic (exact) mass is 348 g/mol. The number of carbonyl (C=O) groups is 1. The molecule has 0 saturated heterocycles. The second-order valence-electron chi connectivity index (χ2n) is 5.70. The Labute approximate surface area is 144 Å². The van der Waals surface area contributed by atoms with Crippen LogP contribution in [0.4, 0.5) is 14.9 Å². The molecule has 0 spiro atoms. The van der Waals surface area contributed by atoms with E-state index in [9.17, 15) is 14.3 Å². The molecule has 1 aliphatic rings. The van der Waals surface area contributed by atoms with Crippen molar-refractivity contribution in [2.24, 2.45) is 0 Å². The quantitative estimate of drug-likeness (QED) is 0.877. The van der Waals surface area contributed by atoms with E-state index in [0.29, 0.717) is 0 Å². The number of benzene rings is 2. The lowest BCUT2D eigenvalue weighted by Crippen LogP contribution is -2.39. The Balaban J connectivity index is 1.83. The minimum absolute atomic E-state index is 0.0294. The standard InChI is InChI=1S/C18H18ClFN2O2/c19-14-6-3-7-15(17(14)20)21-18(24)22(10-11-23)16-9-8-12-4-1-2-5-13(12)16/h1-7,16,23H,8-11H2,(H,21,24). The van der Waals surface area contributed by atoms with Gasteiger partial charge >= 0.3 is 6.03 Å². The molecule has 1 atom stereocenters. The van der Waals surface area contributed by atoms with Crippen LogP contribution in [0.2, 0.25) is 5.02 Å². The maximum Gasteiger partial charge on any atom is 0.322 e. The van der Waals surface area contributed by atoms with Gasteiger partial charge in [0.1, 0.15) is 0 Å². The molecule has 0 saturated carbocycles. The zero-order valence-corrected chi connectivity index (χ0v) is 13.8. The first-order valence-electron chi connectivity index (χ1n) is 7.82. The molecule has 2 N–H and O–H groups in total. The van der Waals surface area contributed by atoms with Crippen molar-refractivity contribution in [1.29, 1.82) is 0 Å². The summed E-state index contributed by atoms with van der Waals surface area (Å²) in [6.45, 7) is 0.0110. The van der Waals surface area contributed by atoms with Gasteiger partial charge < -0.3 is 15.3 Å². The van der Waals surface area contributed by atoms with E-state index in [1.807, 2.05) is 24.3 Å². The van der Waals surface area contributed by atoms with E-state index in [4.69, 9.17) is 11.6 Å². The number of nitrogens with one attached hydrogen (secondary N) is 1. The smallest absolute Gasteiger partial charge is 0.322 e. The summed E-state index contributed by atoms with van der Waals surface area (Å²) in [5.41, 5.74) is 2.31. The highest BCUT2D eigenvalue weighted by molar-refractivity contribution is 6.31. The van der Waals surface area contributed by atoms with Crippen LogP contribution in [0.3, 0.4) is 0 Å². The minimum atomic E-state index is -0.664. The summed E-state index contributed by atoms with van der Waals surface area (Å²) in [5.74, 6) is -0.664. The fourth-order valence-corrected chi connectivity index (χ4v) is 3.33. The first-order chi connectivity index (χ1) is 11.6. The number of carbonyl (C=O) groups excluding carboxylic acids is 1. The number of hydrogen-bond donors (Lipinski definition) is 2. The van der Waals surface area contributed by atoms with E-state index < -0.39 is 11.8 Å². The first-order valence-corrected chi connectivity index (χ1v) is 8.20. The van der Waals surface area contributed by atoms with Crippen molar-refractivity contribution in [3.63, 3.8) is 0 Å². The van der Waals surface area contributed by atoms with Crippen LogP contribution < -0.4 is 5.32 Å². The van der Waals surface area contributed by atoms with E-state index in [1.165, 1.54) is 17.7 Å². The van der Waals surface area contributed by atoms with E-state index in [0.717, 1.165) is 18.4 Å². The van der Waals surface area contributed by atoms with Crippen LogP contribution in [0, 0.1) is 5.82 Å². The number of aryl methyl sites for hydroxylation is 1. The molecule has 2 amide bonds. The van der Waals surface area contributed by atoms with Crippen molar-refractivity contribution in [1.82, 2.24) is 4.90 Å². The number of amides is 2. The van der Waals surface area contributed by atoms with Crippen molar-refractivity contribution in [2.75, 3.05) is 18.5 Å². The van der Waals surface area contributed by atoms with Gasteiger partial charge in [-0.1, -0.05) is 41.9 Å². The van der Waals surface area contributed by atoms with Gasteiger partial charge in [-0.25, -0.2) is 9.18 Å². The summed E-state index contributed by atoms with van der Waals surface area (Å²) in [4.78, 5) is 14.2. The highest BCUT2D eigenvalue weighted by Gasteiger charge is 2.30. The van der Waals surface area contributed by atoms with Crippen LogP contribution in [0.5, 0.6) is 0 Å². The lowest BCUT2D eigenvalue weighted by molar-refractivity contribution is 0.162. The molecule has 1 unspecified atom stereocenters. The summed E-state index contributed by atoms with van der Waals surface area (Å²) in [7, 11) is 0. The van der Waals surface area contributed by atoms with Gasteiger partial charge in [-0.3, -0.25) is 0 Å². The van der Waals surface area contributed by atoms with Gasteiger partial charge in [0.2, 0.25) is 0 Å². The SMILES string of the molecule is O=C(Nc1cccc(Cl)c1F)N(CCO)C1CCc2ccccc21. The molecule has 0 heterocycles. The van der Waals surface area contributed by atoms with E-state index >= 15 is 0 Å². The third-order valence-corrected chi connectivity index (χ3v) is 4.56. The average molecular weight is 349 g/mol. The molecule has 24 heavy (non-hydrogen) atoms. The molecular formula is C18H18ClFN2O2. The van der Waals surface area contributed by atoms with E-state index in [2.05, 4.69) is 5.32 Å². The van der Waals surface area contributed by atoms with Crippen LogP contribution in [-0.2, 0) is 6.42 Å². The Bertz CT molecular complexity index is 754. The van der Waals surface area contributed by atoms with Crippen LogP contribution in [-0.4, -0.2) is 29.2 Å². The lowest BCUT2D eigenvalue weighted by atomic mass is 10.1. The van der Waals surface area contributed by atoms with Crippen molar-refractivity contribution in [2.45, 2.75) is 18.9 Å². The highest BCUT2D eigenvalue weighted by Crippen LogP contribution is 2.36. The van der Waals surface area contributed by atoms with E-state index in [1.54, 1.807) is 11.0 Å². The van der Waals surface area contributed by atoms with Gasteiger partial charge in [0.05, 0.1) is 23.4 Å². The normalized spacial score (nSPS) is 15.9. The molecule has 4 nitrogen and oxygen atoms in total. The highest BCUT2D eigenvalue weighted by atomic mass is 35.5. The number of rotatable bonds is 4. The molecule has 0 bridgehead atoms. The van der Waals surface area contributed by atoms with Gasteiger partial charge in [-0.15, -0.1) is 0 Å². The van der Waals surface area contributed by atoms with Crippen LogP contribution >= 0.6 is 11.6 Å². The molecule has 2 aromatic carbocycles. The van der Waals surface area contributed by atoms with Crippen LogP contribution in [0.1, 0.15) is 23.6 Å². The van der Waals surface area contributed by atoms with Crippen molar-refractivity contribution < 1.29 is 14.3 Å². The molecule has 3 rings (SSSR count). The third-order valence-electron chi connectivity index (χ3n) is 4.27. The molecule has 0 aliphatic heterocycles. The summed E-state index contributed by atoms with van der Waals surface area (Å²) >= 11 is 5.75. The number of anilines is 1. The first kappa shape index (κ1) is 16.7. The molecule has 0 aromatic heterocycles. The van der Waals surface area contributed by atoms with Gasteiger partial charge in [-0.05, 0) is 36.1 Å². The second kappa shape index (κ2) is 7.20. The molecule has 0 radical (unpaired) electrons. The summed E-state index contributed by atoms with van der Waals surface area (Å²) < 4.78 is 14.0. The topological polar surface area (TPSA) is 52.6 Å². The number of aliphatic hydroxyl groups is 1. The van der Waals surface area contributed by atoms with Gasteiger partial charge in [0.25, 0.3) is 0 Å². The maximum atomic E-state index is 14.0. The number of nitrogens with zero attached hydrogens (tertiary/aromatic N) is 1. The largest absolute Gasteiger partial charge is 0.395 e. The predicted molar refractivity (Wildman–Crippen MR) is 91.7 cm³/mol. The Hall–Kier alpha value is -2.11. The molecule has 0 fully saturated rings. The summed E-state index contributed by atoms with van der Waals surface area (Å²) in [5, 5.41) is 11.9. The number of aliphatic hydroxyl groups excluding tert-OH is 1. The van der Waals surface area contributed by atoms with Crippen molar-refractivity contribution in [3.8, 4) is 0 Å². The Morgan fingerprint density at radius 3 is 2.88 bits per heavy atom. The molecular weight excluding hydrogens is 331 g/mol. The second-order valence-corrected chi connectivity index (χ2v) is 6.11. The predicted octanol–water partition coefficient (Wildman–Crippen LogP) is 3.99. The Morgan fingerprint density at radius 1 is 1.29 bits per heavy atom.